The van der Waals surface area contributed by atoms with Crippen LogP contribution in [0.5, 0.6) is 0 Å². The third kappa shape index (κ3) is 3.79. The third-order valence-corrected chi connectivity index (χ3v) is 3.09. The van der Waals surface area contributed by atoms with E-state index in [0.717, 1.165) is 5.56 Å². The number of rotatable bonds is 7. The lowest BCUT2D eigenvalue weighted by Gasteiger charge is -2.28. The Labute approximate surface area is 112 Å². The zero-order valence-electron chi connectivity index (χ0n) is 11.2. The van der Waals surface area contributed by atoms with E-state index in [9.17, 15) is 19.8 Å². The van der Waals surface area contributed by atoms with Gasteiger partial charge < -0.3 is 15.1 Å². The number of aliphatic carboxylic acids is 2. The highest BCUT2D eigenvalue weighted by Crippen LogP contribution is 2.26. The van der Waals surface area contributed by atoms with Gasteiger partial charge in [-0.1, -0.05) is 30.3 Å². The van der Waals surface area contributed by atoms with E-state index < -0.39 is 17.4 Å². The minimum atomic E-state index is -1.76. The molecule has 0 aromatic heterocycles. The van der Waals surface area contributed by atoms with Gasteiger partial charge in [-0.2, -0.15) is 0 Å². The molecule has 0 unspecified atom stereocenters. The van der Waals surface area contributed by atoms with E-state index in [-0.39, 0.29) is 13.0 Å². The lowest BCUT2D eigenvalue weighted by atomic mass is 9.81. The summed E-state index contributed by atoms with van der Waals surface area (Å²) in [5.41, 5.74) is -0.826. The van der Waals surface area contributed by atoms with Gasteiger partial charge in [0.25, 0.3) is 0 Å². The molecule has 19 heavy (non-hydrogen) atoms. The highest BCUT2D eigenvalue weighted by molar-refractivity contribution is 5.98. The number of hydrogen-bond acceptors (Lipinski definition) is 3. The van der Waals surface area contributed by atoms with Gasteiger partial charge >= 0.3 is 11.9 Å². The van der Waals surface area contributed by atoms with Gasteiger partial charge in [-0.05, 0) is 32.5 Å². The maximum atomic E-state index is 11.4. The largest absolute Gasteiger partial charge is 0.480 e. The van der Waals surface area contributed by atoms with Gasteiger partial charge in [0.2, 0.25) is 0 Å². The Balaban J connectivity index is 2.91. The molecule has 0 aliphatic heterocycles. The molecule has 0 spiro atoms. The van der Waals surface area contributed by atoms with Gasteiger partial charge in [0, 0.05) is 6.54 Å². The van der Waals surface area contributed by atoms with Crippen LogP contribution < -0.4 is 0 Å². The average molecular weight is 265 g/mol. The van der Waals surface area contributed by atoms with Crippen LogP contribution in [-0.4, -0.2) is 47.7 Å². The van der Waals surface area contributed by atoms with Crippen molar-refractivity contribution in [1.82, 2.24) is 4.90 Å². The molecule has 0 bridgehead atoms. The summed E-state index contributed by atoms with van der Waals surface area (Å²) in [6.45, 7) is -0.0233. The minimum absolute atomic E-state index is 0.0233. The molecule has 0 atom stereocenters. The van der Waals surface area contributed by atoms with E-state index in [1.807, 2.05) is 30.3 Å². The van der Waals surface area contributed by atoms with Crippen LogP contribution in [0, 0.1) is 5.41 Å². The van der Waals surface area contributed by atoms with Crippen LogP contribution in [0.15, 0.2) is 30.3 Å². The maximum absolute atomic E-state index is 11.4. The number of aryl methyl sites for hydroxylation is 1. The Morgan fingerprint density at radius 1 is 1.11 bits per heavy atom. The molecule has 0 amide bonds. The summed E-state index contributed by atoms with van der Waals surface area (Å²) in [7, 11) is 3.34. The first-order chi connectivity index (χ1) is 8.88. The number of benzene rings is 1. The molecule has 5 heteroatoms. The lowest BCUT2D eigenvalue weighted by Crippen LogP contribution is -2.47. The zero-order chi connectivity index (χ0) is 14.5. The fourth-order valence-corrected chi connectivity index (χ4v) is 2.06. The predicted octanol–water partition coefficient (Wildman–Crippen LogP) is 1.34. The second-order valence-electron chi connectivity index (χ2n) is 4.92. The number of carboxylic acid groups (broad SMARTS) is 2. The maximum Gasteiger partial charge on any atom is 0.322 e. The van der Waals surface area contributed by atoms with Crippen molar-refractivity contribution in [1.29, 1.82) is 0 Å². The summed E-state index contributed by atoms with van der Waals surface area (Å²) in [6.07, 6.45) is 0.493. The average Bonchev–Trinajstić information content (AvgIpc) is 2.34. The van der Waals surface area contributed by atoms with Crippen molar-refractivity contribution in [2.75, 3.05) is 20.6 Å². The summed E-state index contributed by atoms with van der Waals surface area (Å²) in [4.78, 5) is 24.4. The normalized spacial score (nSPS) is 11.5. The topological polar surface area (TPSA) is 77.8 Å². The molecular formula is C14H19NO4. The molecule has 1 aromatic carbocycles. The van der Waals surface area contributed by atoms with E-state index >= 15 is 0 Å². The molecule has 0 radical (unpaired) electrons. The molecule has 1 rings (SSSR count). The summed E-state index contributed by atoms with van der Waals surface area (Å²) in [5.74, 6) is -2.57. The van der Waals surface area contributed by atoms with Gasteiger partial charge in [0.1, 0.15) is 0 Å². The molecule has 5 nitrogen and oxygen atoms in total. The van der Waals surface area contributed by atoms with Crippen molar-refractivity contribution >= 4 is 11.9 Å². The highest BCUT2D eigenvalue weighted by Gasteiger charge is 2.46. The standard InChI is InChI=1S/C14H19NO4/c1-15(2)10-14(12(16)17,13(18)19)9-8-11-6-4-3-5-7-11/h3-7H,8-10H2,1-2H3,(H,16,17)(H,18,19). The van der Waals surface area contributed by atoms with Crippen molar-refractivity contribution in [2.45, 2.75) is 12.8 Å². The van der Waals surface area contributed by atoms with Crippen LogP contribution in [0.1, 0.15) is 12.0 Å². The van der Waals surface area contributed by atoms with Crippen LogP contribution in [0.4, 0.5) is 0 Å². The summed E-state index contributed by atoms with van der Waals surface area (Å²) >= 11 is 0. The molecule has 1 aromatic rings. The highest BCUT2D eigenvalue weighted by atomic mass is 16.4. The monoisotopic (exact) mass is 265 g/mol. The van der Waals surface area contributed by atoms with Crippen LogP contribution >= 0.6 is 0 Å². The van der Waals surface area contributed by atoms with E-state index in [0.29, 0.717) is 6.42 Å². The third-order valence-electron chi connectivity index (χ3n) is 3.09. The molecule has 0 aliphatic rings. The molecule has 0 saturated carbocycles. The fourth-order valence-electron chi connectivity index (χ4n) is 2.06. The summed E-state index contributed by atoms with van der Waals surface area (Å²) in [5, 5.41) is 18.6. The van der Waals surface area contributed by atoms with Crippen molar-refractivity contribution < 1.29 is 19.8 Å². The van der Waals surface area contributed by atoms with Crippen LogP contribution in [-0.2, 0) is 16.0 Å². The second-order valence-corrected chi connectivity index (χ2v) is 4.92. The molecule has 2 N–H and O–H groups in total. The van der Waals surface area contributed by atoms with E-state index in [1.54, 1.807) is 19.0 Å². The quantitative estimate of drug-likeness (QED) is 0.727. The molecule has 104 valence electrons. The minimum Gasteiger partial charge on any atom is -0.480 e. The Morgan fingerprint density at radius 3 is 2.05 bits per heavy atom. The Hall–Kier alpha value is -1.88. The lowest BCUT2D eigenvalue weighted by molar-refractivity contribution is -0.166. The summed E-state index contributed by atoms with van der Waals surface area (Å²) in [6, 6.07) is 9.30. The molecule has 0 aliphatic carbocycles. The van der Waals surface area contributed by atoms with Gasteiger partial charge in [-0.3, -0.25) is 9.59 Å². The zero-order valence-corrected chi connectivity index (χ0v) is 11.2. The fraction of sp³-hybridized carbons (Fsp3) is 0.429. The van der Waals surface area contributed by atoms with E-state index in [2.05, 4.69) is 0 Å². The van der Waals surface area contributed by atoms with Crippen LogP contribution in [0.25, 0.3) is 0 Å². The van der Waals surface area contributed by atoms with E-state index in [4.69, 9.17) is 0 Å². The second kappa shape index (κ2) is 6.33. The van der Waals surface area contributed by atoms with Crippen molar-refractivity contribution in [2.24, 2.45) is 5.41 Å². The Morgan fingerprint density at radius 2 is 1.63 bits per heavy atom. The molecule has 0 fully saturated rings. The van der Waals surface area contributed by atoms with Gasteiger partial charge in [0.15, 0.2) is 5.41 Å². The van der Waals surface area contributed by atoms with Crippen LogP contribution in [0.3, 0.4) is 0 Å². The van der Waals surface area contributed by atoms with Gasteiger partial charge in [-0.25, -0.2) is 0 Å². The first kappa shape index (κ1) is 15.2. The predicted molar refractivity (Wildman–Crippen MR) is 71.0 cm³/mol. The Bertz CT molecular complexity index is 428. The number of hydrogen-bond donors (Lipinski definition) is 2. The smallest absolute Gasteiger partial charge is 0.322 e. The van der Waals surface area contributed by atoms with Crippen LogP contribution in [0.2, 0.25) is 0 Å². The van der Waals surface area contributed by atoms with E-state index in [1.165, 1.54) is 0 Å². The summed E-state index contributed by atoms with van der Waals surface area (Å²) < 4.78 is 0. The van der Waals surface area contributed by atoms with Crippen molar-refractivity contribution in [3.8, 4) is 0 Å². The SMILES string of the molecule is CN(C)CC(CCc1ccccc1)(C(=O)O)C(=O)O. The molecule has 0 heterocycles. The first-order valence-corrected chi connectivity index (χ1v) is 6.04. The number of carbonyl (C=O) groups is 2. The number of nitrogens with zero attached hydrogens (tertiary/aromatic N) is 1. The molecular weight excluding hydrogens is 246 g/mol. The molecule has 0 saturated heterocycles. The Kier molecular flexibility index (Phi) is 5.06. The first-order valence-electron chi connectivity index (χ1n) is 6.04. The van der Waals surface area contributed by atoms with Gasteiger partial charge in [-0.15, -0.1) is 0 Å². The van der Waals surface area contributed by atoms with Crippen molar-refractivity contribution in [3.05, 3.63) is 35.9 Å². The van der Waals surface area contributed by atoms with Gasteiger partial charge in [0.05, 0.1) is 0 Å². The van der Waals surface area contributed by atoms with Crippen molar-refractivity contribution in [3.63, 3.8) is 0 Å². The number of carboxylic acids is 2.